The van der Waals surface area contributed by atoms with Gasteiger partial charge in [-0.25, -0.2) is 4.79 Å². The zero-order valence-electron chi connectivity index (χ0n) is 13.4. The minimum absolute atomic E-state index is 0.0218. The van der Waals surface area contributed by atoms with Crippen molar-refractivity contribution in [3.8, 4) is 0 Å². The fourth-order valence-electron chi connectivity index (χ4n) is 5.45. The second kappa shape index (κ2) is 6.11. The fraction of sp³-hybridized carbons (Fsp3) is 0.765. The Morgan fingerprint density at radius 3 is 2.48 bits per heavy atom. The zero-order chi connectivity index (χ0) is 15.9. The molecule has 4 aliphatic rings. The van der Waals surface area contributed by atoms with Gasteiger partial charge in [0.05, 0.1) is 10.7 Å². The second-order valence-electron chi connectivity index (χ2n) is 7.85. The van der Waals surface area contributed by atoms with Gasteiger partial charge in [0.25, 0.3) is 0 Å². The summed E-state index contributed by atoms with van der Waals surface area (Å²) in [6, 6.07) is 0.0218. The Hall–Kier alpha value is -1.04. The van der Waals surface area contributed by atoms with Gasteiger partial charge < -0.3 is 10.6 Å². The Bertz CT molecular complexity index is 550. The van der Waals surface area contributed by atoms with Gasteiger partial charge in [-0.15, -0.1) is 0 Å². The van der Waals surface area contributed by atoms with Gasteiger partial charge in [0.1, 0.15) is 0 Å². The monoisotopic (exact) mass is 380 g/mol. The molecule has 0 saturated heterocycles. The number of aromatic nitrogens is 2. The number of amides is 2. The maximum absolute atomic E-state index is 12.3. The topological polar surface area (TPSA) is 59.0 Å². The number of rotatable bonds is 5. The van der Waals surface area contributed by atoms with E-state index in [-0.39, 0.29) is 11.6 Å². The number of aryl methyl sites for hydroxylation is 1. The van der Waals surface area contributed by atoms with E-state index in [2.05, 4.69) is 31.7 Å². The molecule has 1 heterocycles. The van der Waals surface area contributed by atoms with Crippen LogP contribution in [-0.2, 0) is 6.54 Å². The average molecular weight is 381 g/mol. The first-order valence-electron chi connectivity index (χ1n) is 8.84. The highest BCUT2D eigenvalue weighted by atomic mass is 79.9. The van der Waals surface area contributed by atoms with E-state index in [0.717, 1.165) is 35.2 Å². The quantitative estimate of drug-likeness (QED) is 0.769. The van der Waals surface area contributed by atoms with E-state index in [1.54, 1.807) is 6.20 Å². The lowest BCUT2D eigenvalue weighted by Gasteiger charge is -2.56. The number of hydrogen-bond acceptors (Lipinski definition) is 2. The van der Waals surface area contributed by atoms with Crippen LogP contribution in [0.1, 0.15) is 44.9 Å². The third-order valence-corrected chi connectivity index (χ3v) is 6.28. The molecule has 4 fully saturated rings. The smallest absolute Gasteiger partial charge is 0.315 e. The lowest BCUT2D eigenvalue weighted by Crippen LogP contribution is -2.61. The summed E-state index contributed by atoms with van der Waals surface area (Å²) < 4.78 is 2.88. The molecule has 1 aromatic rings. The highest BCUT2D eigenvalue weighted by Crippen LogP contribution is 2.55. The number of urea groups is 1. The molecule has 0 aliphatic heterocycles. The van der Waals surface area contributed by atoms with E-state index < -0.39 is 0 Å². The SMILES string of the molecule is O=C(NCCCn1cc(Br)cn1)NC12CC3CC(CC(C3)C1)C2. The van der Waals surface area contributed by atoms with E-state index in [0.29, 0.717) is 6.54 Å². The van der Waals surface area contributed by atoms with E-state index in [4.69, 9.17) is 0 Å². The fourth-order valence-corrected chi connectivity index (χ4v) is 5.78. The molecule has 0 aromatic carbocycles. The maximum atomic E-state index is 12.3. The van der Waals surface area contributed by atoms with Gasteiger partial charge in [-0.05, 0) is 78.6 Å². The van der Waals surface area contributed by atoms with Crippen LogP contribution in [-0.4, -0.2) is 27.9 Å². The van der Waals surface area contributed by atoms with Crippen molar-refractivity contribution < 1.29 is 4.79 Å². The predicted molar refractivity (Wildman–Crippen MR) is 92.0 cm³/mol. The number of nitrogens with zero attached hydrogens (tertiary/aromatic N) is 2. The molecule has 2 amide bonds. The summed E-state index contributed by atoms with van der Waals surface area (Å²) in [5, 5.41) is 10.6. The molecule has 0 radical (unpaired) electrons. The first-order valence-corrected chi connectivity index (χ1v) is 9.63. The molecule has 5 nitrogen and oxygen atoms in total. The van der Waals surface area contributed by atoms with Crippen LogP contribution in [0.2, 0.25) is 0 Å². The number of halogens is 1. The molecule has 2 N–H and O–H groups in total. The third-order valence-electron chi connectivity index (χ3n) is 5.87. The highest BCUT2D eigenvalue weighted by Gasteiger charge is 2.51. The minimum Gasteiger partial charge on any atom is -0.338 e. The van der Waals surface area contributed by atoms with E-state index in [1.165, 1.54) is 38.5 Å². The standard InChI is InChI=1S/C17H25BrN4O/c18-15-10-20-22(11-15)3-1-2-19-16(23)21-17-7-12-4-13(8-17)6-14(5-12)9-17/h10-14H,1-9H2,(H2,19,21,23). The van der Waals surface area contributed by atoms with E-state index >= 15 is 0 Å². The van der Waals surface area contributed by atoms with Crippen molar-refractivity contribution in [2.45, 2.75) is 57.0 Å². The average Bonchev–Trinajstić information content (AvgIpc) is 2.87. The predicted octanol–water partition coefficient (Wildman–Crippen LogP) is 3.30. The molecule has 4 saturated carbocycles. The van der Waals surface area contributed by atoms with Crippen LogP contribution >= 0.6 is 15.9 Å². The number of carbonyl (C=O) groups excluding carboxylic acids is 1. The second-order valence-corrected chi connectivity index (χ2v) is 8.77. The Balaban J connectivity index is 1.23. The molecular formula is C17H25BrN4O. The van der Waals surface area contributed by atoms with Crippen LogP contribution in [0.15, 0.2) is 16.9 Å². The third kappa shape index (κ3) is 3.42. The Morgan fingerprint density at radius 1 is 1.26 bits per heavy atom. The molecule has 4 bridgehead atoms. The largest absolute Gasteiger partial charge is 0.338 e. The van der Waals surface area contributed by atoms with Crippen LogP contribution in [0.25, 0.3) is 0 Å². The van der Waals surface area contributed by atoms with Crippen molar-refractivity contribution in [3.63, 3.8) is 0 Å². The zero-order valence-corrected chi connectivity index (χ0v) is 15.0. The molecule has 23 heavy (non-hydrogen) atoms. The molecule has 0 spiro atoms. The van der Waals surface area contributed by atoms with Gasteiger partial charge in [-0.1, -0.05) is 0 Å². The number of hydrogen-bond donors (Lipinski definition) is 2. The van der Waals surface area contributed by atoms with Gasteiger partial charge in [-0.3, -0.25) is 4.68 Å². The summed E-state index contributed by atoms with van der Waals surface area (Å²) in [5.41, 5.74) is 0.103. The van der Waals surface area contributed by atoms with Crippen molar-refractivity contribution in [2.75, 3.05) is 6.54 Å². The van der Waals surface area contributed by atoms with Crippen LogP contribution in [0.4, 0.5) is 4.79 Å². The summed E-state index contributed by atoms with van der Waals surface area (Å²) in [4.78, 5) is 12.3. The summed E-state index contributed by atoms with van der Waals surface area (Å²) in [6.45, 7) is 1.51. The number of nitrogens with one attached hydrogen (secondary N) is 2. The Kier molecular flexibility index (Phi) is 4.12. The van der Waals surface area contributed by atoms with Crippen LogP contribution in [0.5, 0.6) is 0 Å². The van der Waals surface area contributed by atoms with Gasteiger partial charge in [0.15, 0.2) is 0 Å². The summed E-state index contributed by atoms with van der Waals surface area (Å²) in [5.74, 6) is 2.58. The van der Waals surface area contributed by atoms with Crippen molar-refractivity contribution in [2.24, 2.45) is 17.8 Å². The Labute approximate surface area is 145 Å². The van der Waals surface area contributed by atoms with Crippen molar-refractivity contribution in [1.29, 1.82) is 0 Å². The van der Waals surface area contributed by atoms with Gasteiger partial charge in [0.2, 0.25) is 0 Å². The highest BCUT2D eigenvalue weighted by molar-refractivity contribution is 9.10. The van der Waals surface area contributed by atoms with Gasteiger partial charge in [-0.2, -0.15) is 5.10 Å². The first-order chi connectivity index (χ1) is 11.1. The van der Waals surface area contributed by atoms with E-state index in [9.17, 15) is 4.79 Å². The molecule has 4 aliphatic carbocycles. The van der Waals surface area contributed by atoms with E-state index in [1.807, 2.05) is 10.9 Å². The van der Waals surface area contributed by atoms with Crippen molar-refractivity contribution in [1.82, 2.24) is 20.4 Å². The molecule has 0 unspecified atom stereocenters. The first kappa shape index (κ1) is 15.5. The lowest BCUT2D eigenvalue weighted by molar-refractivity contribution is -0.0135. The minimum atomic E-state index is 0.0218. The normalized spacial score (nSPS) is 34.6. The van der Waals surface area contributed by atoms with Gasteiger partial charge >= 0.3 is 6.03 Å². The van der Waals surface area contributed by atoms with Gasteiger partial charge in [0, 0.05) is 24.8 Å². The van der Waals surface area contributed by atoms with Crippen molar-refractivity contribution in [3.05, 3.63) is 16.9 Å². The van der Waals surface area contributed by atoms with Crippen LogP contribution in [0.3, 0.4) is 0 Å². The molecule has 1 aromatic heterocycles. The molecule has 0 atom stereocenters. The molecule has 126 valence electrons. The summed E-state index contributed by atoms with van der Waals surface area (Å²) >= 11 is 3.39. The van der Waals surface area contributed by atoms with Crippen LogP contribution in [0, 0.1) is 17.8 Å². The molecule has 6 heteroatoms. The Morgan fingerprint density at radius 2 is 1.91 bits per heavy atom. The lowest BCUT2D eigenvalue weighted by atomic mass is 9.53. The molecular weight excluding hydrogens is 356 g/mol. The number of carbonyl (C=O) groups is 1. The van der Waals surface area contributed by atoms with Crippen molar-refractivity contribution >= 4 is 22.0 Å². The maximum Gasteiger partial charge on any atom is 0.315 e. The summed E-state index contributed by atoms with van der Waals surface area (Å²) in [6.07, 6.45) is 12.5. The molecule has 5 rings (SSSR count). The summed E-state index contributed by atoms with van der Waals surface area (Å²) in [7, 11) is 0. The van der Waals surface area contributed by atoms with Crippen LogP contribution < -0.4 is 10.6 Å².